The smallest absolute Gasteiger partial charge is 0.0363 e. The van der Waals surface area contributed by atoms with E-state index in [9.17, 15) is 0 Å². The first kappa shape index (κ1) is 12.4. The van der Waals surface area contributed by atoms with Gasteiger partial charge in [0.2, 0.25) is 0 Å². The number of benzene rings is 1. The summed E-state index contributed by atoms with van der Waals surface area (Å²) in [5, 5.41) is 0. The summed E-state index contributed by atoms with van der Waals surface area (Å²) < 4.78 is 0. The zero-order valence-corrected chi connectivity index (χ0v) is 11.0. The maximum absolute atomic E-state index is 6.02. The summed E-state index contributed by atoms with van der Waals surface area (Å²) in [6, 6.07) is 8.91. The Morgan fingerprint density at radius 3 is 2.41 bits per heavy atom. The lowest BCUT2D eigenvalue weighted by molar-refractivity contribution is 0.321. The third-order valence-corrected chi connectivity index (χ3v) is 3.96. The van der Waals surface area contributed by atoms with Crippen LogP contribution in [0.2, 0.25) is 0 Å². The van der Waals surface area contributed by atoms with Crippen molar-refractivity contribution < 1.29 is 0 Å². The molecule has 2 nitrogen and oxygen atoms in total. The standard InChI is InChI=1S/C15H24N2/c1-3-15(16)13-7-9-14(10-8-13)17(2)11-12-5-4-6-12/h7-10,12,15H,3-6,11,16H2,1-2H3. The highest BCUT2D eigenvalue weighted by atomic mass is 15.1. The van der Waals surface area contributed by atoms with Crippen LogP contribution in [-0.2, 0) is 0 Å². The second kappa shape index (κ2) is 5.54. The van der Waals surface area contributed by atoms with Crippen molar-refractivity contribution >= 4 is 5.69 Å². The molecule has 94 valence electrons. The number of rotatable bonds is 5. The lowest BCUT2D eigenvalue weighted by Gasteiger charge is -2.31. The average molecular weight is 232 g/mol. The van der Waals surface area contributed by atoms with Crippen molar-refractivity contribution in [3.8, 4) is 0 Å². The molecule has 2 heteroatoms. The first-order valence-electron chi connectivity index (χ1n) is 6.77. The van der Waals surface area contributed by atoms with Crippen LogP contribution in [0.4, 0.5) is 5.69 Å². The average Bonchev–Trinajstić information content (AvgIpc) is 2.32. The summed E-state index contributed by atoms with van der Waals surface area (Å²) in [7, 11) is 2.19. The lowest BCUT2D eigenvalue weighted by Crippen LogP contribution is -2.29. The van der Waals surface area contributed by atoms with Gasteiger partial charge < -0.3 is 10.6 Å². The first-order chi connectivity index (χ1) is 8.20. The molecule has 1 atom stereocenters. The Hall–Kier alpha value is -1.02. The molecule has 2 N–H and O–H groups in total. The van der Waals surface area contributed by atoms with E-state index in [1.54, 1.807) is 0 Å². The third-order valence-electron chi connectivity index (χ3n) is 3.96. The minimum Gasteiger partial charge on any atom is -0.374 e. The van der Waals surface area contributed by atoms with Gasteiger partial charge in [-0.2, -0.15) is 0 Å². The van der Waals surface area contributed by atoms with Gasteiger partial charge in [0.15, 0.2) is 0 Å². The molecule has 0 heterocycles. The van der Waals surface area contributed by atoms with Crippen LogP contribution >= 0.6 is 0 Å². The summed E-state index contributed by atoms with van der Waals surface area (Å²) in [5.74, 6) is 0.914. The van der Waals surface area contributed by atoms with Gasteiger partial charge in [0, 0.05) is 25.3 Å². The Kier molecular flexibility index (Phi) is 4.06. The maximum atomic E-state index is 6.02. The fourth-order valence-electron chi connectivity index (χ4n) is 2.38. The monoisotopic (exact) mass is 232 g/mol. The Balaban J connectivity index is 1.96. The van der Waals surface area contributed by atoms with Crippen molar-refractivity contribution in [1.82, 2.24) is 0 Å². The molecule has 1 fully saturated rings. The van der Waals surface area contributed by atoms with Gasteiger partial charge in [0.1, 0.15) is 0 Å². The van der Waals surface area contributed by atoms with Gasteiger partial charge in [-0.15, -0.1) is 0 Å². The molecular weight excluding hydrogens is 208 g/mol. The fourth-order valence-corrected chi connectivity index (χ4v) is 2.38. The molecule has 1 aromatic rings. The van der Waals surface area contributed by atoms with E-state index in [0.717, 1.165) is 12.3 Å². The van der Waals surface area contributed by atoms with Gasteiger partial charge in [-0.25, -0.2) is 0 Å². The number of hydrogen-bond donors (Lipinski definition) is 1. The van der Waals surface area contributed by atoms with E-state index in [2.05, 4.69) is 43.1 Å². The normalized spacial score (nSPS) is 17.6. The van der Waals surface area contributed by atoms with Crippen molar-refractivity contribution in [2.24, 2.45) is 11.7 Å². The zero-order chi connectivity index (χ0) is 12.3. The van der Waals surface area contributed by atoms with Crippen molar-refractivity contribution in [3.63, 3.8) is 0 Å². The molecule has 0 amide bonds. The molecule has 1 aliphatic rings. The Morgan fingerprint density at radius 1 is 1.29 bits per heavy atom. The molecule has 1 aromatic carbocycles. The molecule has 1 aliphatic carbocycles. The van der Waals surface area contributed by atoms with Crippen LogP contribution in [0.1, 0.15) is 44.2 Å². The molecule has 2 rings (SSSR count). The summed E-state index contributed by atoms with van der Waals surface area (Å²) in [5.41, 5.74) is 8.57. The van der Waals surface area contributed by atoms with E-state index in [1.807, 2.05) is 0 Å². The Labute approximate surface area is 105 Å². The number of nitrogens with zero attached hydrogens (tertiary/aromatic N) is 1. The van der Waals surface area contributed by atoms with E-state index in [-0.39, 0.29) is 6.04 Å². The Bertz CT molecular complexity index is 340. The van der Waals surface area contributed by atoms with Gasteiger partial charge in [-0.05, 0) is 42.9 Å². The molecule has 0 radical (unpaired) electrons. The van der Waals surface area contributed by atoms with Crippen molar-refractivity contribution in [1.29, 1.82) is 0 Å². The van der Waals surface area contributed by atoms with Crippen LogP contribution in [0.15, 0.2) is 24.3 Å². The largest absolute Gasteiger partial charge is 0.374 e. The highest BCUT2D eigenvalue weighted by Crippen LogP contribution is 2.28. The molecule has 1 saturated carbocycles. The second-order valence-corrected chi connectivity index (χ2v) is 5.28. The van der Waals surface area contributed by atoms with Gasteiger partial charge in [-0.3, -0.25) is 0 Å². The van der Waals surface area contributed by atoms with E-state index in [4.69, 9.17) is 5.73 Å². The van der Waals surface area contributed by atoms with Crippen LogP contribution < -0.4 is 10.6 Å². The SMILES string of the molecule is CCC(N)c1ccc(N(C)CC2CCC2)cc1. The summed E-state index contributed by atoms with van der Waals surface area (Å²) in [4.78, 5) is 2.37. The van der Waals surface area contributed by atoms with E-state index < -0.39 is 0 Å². The Morgan fingerprint density at radius 2 is 1.94 bits per heavy atom. The number of anilines is 1. The van der Waals surface area contributed by atoms with E-state index >= 15 is 0 Å². The molecule has 1 unspecified atom stereocenters. The van der Waals surface area contributed by atoms with E-state index in [0.29, 0.717) is 0 Å². The topological polar surface area (TPSA) is 29.3 Å². The van der Waals surface area contributed by atoms with Crippen molar-refractivity contribution in [3.05, 3.63) is 29.8 Å². The predicted molar refractivity (Wildman–Crippen MR) is 74.3 cm³/mol. The van der Waals surface area contributed by atoms with Crippen LogP contribution in [0.5, 0.6) is 0 Å². The van der Waals surface area contributed by atoms with Crippen molar-refractivity contribution in [2.45, 2.75) is 38.6 Å². The maximum Gasteiger partial charge on any atom is 0.0363 e. The quantitative estimate of drug-likeness (QED) is 0.843. The van der Waals surface area contributed by atoms with Crippen LogP contribution in [0.3, 0.4) is 0 Å². The van der Waals surface area contributed by atoms with Gasteiger partial charge >= 0.3 is 0 Å². The highest BCUT2D eigenvalue weighted by molar-refractivity contribution is 5.47. The van der Waals surface area contributed by atoms with E-state index in [1.165, 1.54) is 37.1 Å². The molecule has 0 aromatic heterocycles. The zero-order valence-electron chi connectivity index (χ0n) is 11.0. The van der Waals surface area contributed by atoms with Crippen LogP contribution in [0, 0.1) is 5.92 Å². The fraction of sp³-hybridized carbons (Fsp3) is 0.600. The highest BCUT2D eigenvalue weighted by Gasteiger charge is 2.19. The molecule has 0 aliphatic heterocycles. The molecule has 0 spiro atoms. The van der Waals surface area contributed by atoms with Crippen LogP contribution in [-0.4, -0.2) is 13.6 Å². The van der Waals surface area contributed by atoms with Crippen LogP contribution in [0.25, 0.3) is 0 Å². The molecular formula is C15H24N2. The number of hydrogen-bond acceptors (Lipinski definition) is 2. The molecule has 0 saturated heterocycles. The minimum atomic E-state index is 0.181. The number of nitrogens with two attached hydrogens (primary N) is 1. The molecule has 0 bridgehead atoms. The predicted octanol–water partition coefficient (Wildman–Crippen LogP) is 3.33. The summed E-state index contributed by atoms with van der Waals surface area (Å²) in [6.07, 6.45) is 5.23. The summed E-state index contributed by atoms with van der Waals surface area (Å²) >= 11 is 0. The third kappa shape index (κ3) is 3.01. The van der Waals surface area contributed by atoms with Gasteiger partial charge in [0.25, 0.3) is 0 Å². The van der Waals surface area contributed by atoms with Gasteiger partial charge in [-0.1, -0.05) is 25.5 Å². The summed E-state index contributed by atoms with van der Waals surface area (Å²) in [6.45, 7) is 3.32. The minimum absolute atomic E-state index is 0.181. The second-order valence-electron chi connectivity index (χ2n) is 5.28. The first-order valence-corrected chi connectivity index (χ1v) is 6.77. The van der Waals surface area contributed by atoms with Gasteiger partial charge in [0.05, 0.1) is 0 Å². The molecule has 17 heavy (non-hydrogen) atoms. The van der Waals surface area contributed by atoms with Crippen molar-refractivity contribution in [2.75, 3.05) is 18.5 Å². The lowest BCUT2D eigenvalue weighted by atomic mass is 9.85.